The normalized spacial score (nSPS) is 11.3. The van der Waals surface area contributed by atoms with E-state index >= 15 is 0 Å². The molecular weight excluding hydrogens is 372 g/mol. The van der Waals surface area contributed by atoms with Crippen LogP contribution in [0.4, 0.5) is 11.4 Å². The van der Waals surface area contributed by atoms with Crippen LogP contribution < -0.4 is 29.4 Å². The summed E-state index contributed by atoms with van der Waals surface area (Å²) >= 11 is 0. The fourth-order valence-corrected chi connectivity index (χ4v) is 3.26. The van der Waals surface area contributed by atoms with Crippen molar-refractivity contribution < 1.29 is 27.4 Å². The summed E-state index contributed by atoms with van der Waals surface area (Å²) in [6.07, 6.45) is 1.37. The third-order valence-corrected chi connectivity index (χ3v) is 4.67. The van der Waals surface area contributed by atoms with Crippen molar-refractivity contribution in [3.05, 3.63) is 41.3 Å². The maximum absolute atomic E-state index is 12.5. The van der Waals surface area contributed by atoms with Gasteiger partial charge in [-0.2, -0.15) is 0 Å². The number of nitrogens with one attached hydrogen (secondary N) is 1. The van der Waals surface area contributed by atoms with Crippen LogP contribution in [0.1, 0.15) is 5.56 Å². The molecule has 9 heteroatoms. The Balaban J connectivity index is 2.38. The van der Waals surface area contributed by atoms with Crippen LogP contribution in [0.15, 0.2) is 35.7 Å². The molecular formula is C18H22N2O6S. The number of rotatable bonds is 8. The molecule has 2 aromatic carbocycles. The van der Waals surface area contributed by atoms with Crippen molar-refractivity contribution in [1.82, 2.24) is 0 Å². The third kappa shape index (κ3) is 4.76. The predicted octanol–water partition coefficient (Wildman–Crippen LogP) is 2.72. The summed E-state index contributed by atoms with van der Waals surface area (Å²) in [6, 6.07) is 8.04. The summed E-state index contributed by atoms with van der Waals surface area (Å²) in [4.78, 5) is 0. The first kappa shape index (κ1) is 20.2. The average molecular weight is 394 g/mol. The van der Waals surface area contributed by atoms with E-state index in [0.717, 1.165) is 5.41 Å². The number of nitrogen functional groups attached to an aromatic ring is 1. The van der Waals surface area contributed by atoms with Gasteiger partial charge < -0.3 is 24.7 Å². The average Bonchev–Trinajstić information content (AvgIpc) is 2.65. The topological polar surface area (TPSA) is 109 Å². The molecule has 0 aliphatic rings. The van der Waals surface area contributed by atoms with Crippen LogP contribution in [0, 0.1) is 0 Å². The maximum atomic E-state index is 12.5. The highest BCUT2D eigenvalue weighted by Crippen LogP contribution is 2.35. The Labute approximate surface area is 158 Å². The number of sulfonamides is 1. The molecule has 8 nitrogen and oxygen atoms in total. The molecule has 0 atom stereocenters. The van der Waals surface area contributed by atoms with E-state index in [-0.39, 0.29) is 11.4 Å². The van der Waals surface area contributed by atoms with Gasteiger partial charge in [-0.05, 0) is 18.2 Å². The molecule has 0 saturated heterocycles. The van der Waals surface area contributed by atoms with E-state index in [1.165, 1.54) is 34.5 Å². The Kier molecular flexibility index (Phi) is 6.40. The van der Waals surface area contributed by atoms with Gasteiger partial charge in [-0.1, -0.05) is 6.07 Å². The van der Waals surface area contributed by atoms with E-state index in [1.54, 1.807) is 30.3 Å². The molecule has 0 unspecified atom stereocenters. The molecule has 2 aromatic rings. The minimum atomic E-state index is -3.86. The highest BCUT2D eigenvalue weighted by atomic mass is 32.2. The fourth-order valence-electron chi connectivity index (χ4n) is 2.40. The zero-order chi connectivity index (χ0) is 20.0. The molecule has 0 saturated carbocycles. The van der Waals surface area contributed by atoms with E-state index in [2.05, 4.69) is 4.72 Å². The van der Waals surface area contributed by atoms with E-state index in [1.807, 2.05) is 0 Å². The first-order valence-electron chi connectivity index (χ1n) is 7.78. The van der Waals surface area contributed by atoms with Gasteiger partial charge in [0, 0.05) is 12.1 Å². The minimum absolute atomic E-state index is 0.232. The molecule has 0 spiro atoms. The van der Waals surface area contributed by atoms with Crippen molar-refractivity contribution in [2.75, 3.05) is 38.9 Å². The van der Waals surface area contributed by atoms with Crippen LogP contribution in [-0.2, 0) is 10.0 Å². The number of hydrogen-bond acceptors (Lipinski definition) is 7. The van der Waals surface area contributed by atoms with Gasteiger partial charge in [0.2, 0.25) is 0 Å². The van der Waals surface area contributed by atoms with Crippen LogP contribution >= 0.6 is 0 Å². The minimum Gasteiger partial charge on any atom is -0.496 e. The second-order valence-corrected chi connectivity index (χ2v) is 6.89. The summed E-state index contributed by atoms with van der Waals surface area (Å²) in [6.45, 7) is 0. The number of anilines is 2. The molecule has 3 N–H and O–H groups in total. The number of hydrogen-bond donors (Lipinski definition) is 2. The third-order valence-electron chi connectivity index (χ3n) is 3.67. The van der Waals surface area contributed by atoms with Crippen molar-refractivity contribution in [2.45, 2.75) is 0 Å². The second-order valence-electron chi connectivity index (χ2n) is 5.32. The predicted molar refractivity (Wildman–Crippen MR) is 105 cm³/mol. The second kappa shape index (κ2) is 8.54. The molecule has 0 amide bonds. The van der Waals surface area contributed by atoms with Crippen molar-refractivity contribution in [3.8, 4) is 23.0 Å². The quantitative estimate of drug-likeness (QED) is 0.663. The Morgan fingerprint density at radius 3 is 2.11 bits per heavy atom. The zero-order valence-electron chi connectivity index (χ0n) is 15.5. The summed E-state index contributed by atoms with van der Waals surface area (Å²) in [5.41, 5.74) is 6.80. The van der Waals surface area contributed by atoms with Gasteiger partial charge in [0.1, 0.15) is 17.2 Å². The first-order chi connectivity index (χ1) is 12.8. The van der Waals surface area contributed by atoms with Gasteiger partial charge in [-0.3, -0.25) is 4.72 Å². The Morgan fingerprint density at radius 1 is 0.963 bits per heavy atom. The molecule has 0 radical (unpaired) electrons. The van der Waals surface area contributed by atoms with Gasteiger partial charge in [-0.15, -0.1) is 0 Å². The zero-order valence-corrected chi connectivity index (χ0v) is 16.3. The Bertz CT molecular complexity index is 916. The molecule has 2 rings (SSSR count). The smallest absolute Gasteiger partial charge is 0.255 e. The molecule has 27 heavy (non-hydrogen) atoms. The van der Waals surface area contributed by atoms with Gasteiger partial charge in [0.05, 0.1) is 50.8 Å². The van der Waals surface area contributed by atoms with E-state index < -0.39 is 10.0 Å². The largest absolute Gasteiger partial charge is 0.496 e. The van der Waals surface area contributed by atoms with E-state index in [4.69, 9.17) is 24.7 Å². The highest BCUT2D eigenvalue weighted by molar-refractivity contribution is 7.95. The Morgan fingerprint density at radius 2 is 1.59 bits per heavy atom. The molecule has 146 valence electrons. The van der Waals surface area contributed by atoms with Crippen molar-refractivity contribution >= 4 is 27.5 Å². The van der Waals surface area contributed by atoms with Crippen molar-refractivity contribution in [2.24, 2.45) is 0 Å². The summed E-state index contributed by atoms with van der Waals surface area (Å²) in [7, 11) is 2.00. The van der Waals surface area contributed by atoms with Gasteiger partial charge in [0.15, 0.2) is 5.75 Å². The van der Waals surface area contributed by atoms with Crippen LogP contribution in [0.3, 0.4) is 0 Å². The van der Waals surface area contributed by atoms with Crippen molar-refractivity contribution in [3.63, 3.8) is 0 Å². The number of para-hydroxylation sites is 1. The summed E-state index contributed by atoms with van der Waals surface area (Å²) in [5.74, 6) is 1.57. The molecule has 0 aliphatic heterocycles. The number of benzene rings is 2. The molecule has 0 aliphatic carbocycles. The van der Waals surface area contributed by atoms with Gasteiger partial charge >= 0.3 is 0 Å². The van der Waals surface area contributed by atoms with E-state index in [0.29, 0.717) is 28.5 Å². The number of methoxy groups -OCH3 is 4. The molecule has 0 heterocycles. The molecule has 0 aromatic heterocycles. The maximum Gasteiger partial charge on any atom is 0.255 e. The molecule has 0 fully saturated rings. The number of nitrogens with two attached hydrogens (primary N) is 1. The van der Waals surface area contributed by atoms with Crippen LogP contribution in [0.25, 0.3) is 6.08 Å². The standard InChI is InChI=1S/C18H22N2O6S/c1-23-12-10-16(24-2)13(17(11-12)25-3)8-9-27(21,22)20-15-7-5-6-14(19)18(15)26-4/h5-11,20H,19H2,1-4H3. The molecule has 0 bridgehead atoms. The summed E-state index contributed by atoms with van der Waals surface area (Å²) < 4.78 is 48.3. The van der Waals surface area contributed by atoms with Gasteiger partial charge in [-0.25, -0.2) is 8.42 Å². The van der Waals surface area contributed by atoms with Crippen LogP contribution in [-0.4, -0.2) is 36.9 Å². The highest BCUT2D eigenvalue weighted by Gasteiger charge is 2.15. The Hall–Kier alpha value is -3.07. The lowest BCUT2D eigenvalue weighted by Crippen LogP contribution is -2.10. The number of ether oxygens (including phenoxy) is 4. The lowest BCUT2D eigenvalue weighted by molar-refractivity contribution is 0.374. The van der Waals surface area contributed by atoms with Crippen LogP contribution in [0.2, 0.25) is 0 Å². The van der Waals surface area contributed by atoms with Crippen LogP contribution in [0.5, 0.6) is 23.0 Å². The summed E-state index contributed by atoms with van der Waals surface area (Å²) in [5, 5.41) is 1.00. The first-order valence-corrected chi connectivity index (χ1v) is 9.33. The monoisotopic (exact) mass is 394 g/mol. The fraction of sp³-hybridized carbons (Fsp3) is 0.222. The van der Waals surface area contributed by atoms with Gasteiger partial charge in [0.25, 0.3) is 10.0 Å². The SMILES string of the molecule is COc1cc(OC)c(C=CS(=O)(=O)Nc2cccc(N)c2OC)c(OC)c1. The van der Waals surface area contributed by atoms with E-state index in [9.17, 15) is 8.42 Å². The van der Waals surface area contributed by atoms with Crippen molar-refractivity contribution in [1.29, 1.82) is 0 Å². The lowest BCUT2D eigenvalue weighted by atomic mass is 10.1. The lowest BCUT2D eigenvalue weighted by Gasteiger charge is -2.13.